The molecule has 3 aromatic rings. The molecule has 1 fully saturated rings. The van der Waals surface area contributed by atoms with Crippen LogP contribution < -0.4 is 0 Å². The van der Waals surface area contributed by atoms with Gasteiger partial charge in [0, 0.05) is 25.0 Å². The third kappa shape index (κ3) is 5.07. The van der Waals surface area contributed by atoms with Crippen molar-refractivity contribution in [2.24, 2.45) is 5.92 Å². The van der Waals surface area contributed by atoms with Crippen molar-refractivity contribution in [1.29, 1.82) is 0 Å². The van der Waals surface area contributed by atoms with Crippen LogP contribution in [0.1, 0.15) is 53.5 Å². The van der Waals surface area contributed by atoms with E-state index >= 15 is 0 Å². The van der Waals surface area contributed by atoms with E-state index in [4.69, 9.17) is 0 Å². The third-order valence-corrected chi connectivity index (χ3v) is 6.22. The molecule has 2 atom stereocenters. The van der Waals surface area contributed by atoms with Crippen LogP contribution in [0.2, 0.25) is 0 Å². The number of rotatable bonds is 5. The zero-order valence-electron chi connectivity index (χ0n) is 18.6. The summed E-state index contributed by atoms with van der Waals surface area (Å²) in [5.41, 5.74) is 1.78. The van der Waals surface area contributed by atoms with Gasteiger partial charge in [-0.25, -0.2) is 4.68 Å². The van der Waals surface area contributed by atoms with E-state index in [1.807, 2.05) is 36.1 Å². The number of aryl methyl sites for hydroxylation is 2. The van der Waals surface area contributed by atoms with Crippen LogP contribution in [-0.2, 0) is 12.6 Å². The third-order valence-electron chi connectivity index (χ3n) is 6.22. The number of aromatic nitrogens is 4. The fourth-order valence-electron chi connectivity index (χ4n) is 4.47. The fraction of sp³-hybridized carbons (Fsp3) is 0.417. The number of halogens is 3. The first-order valence-corrected chi connectivity index (χ1v) is 11.1. The maximum atomic E-state index is 13.7. The maximum Gasteiger partial charge on any atom is 0.435 e. The largest absolute Gasteiger partial charge is 0.435 e. The summed E-state index contributed by atoms with van der Waals surface area (Å²) in [6.07, 6.45) is 1.93. The molecule has 2 aromatic heterocycles. The molecule has 174 valence electrons. The van der Waals surface area contributed by atoms with Crippen molar-refractivity contribution in [2.45, 2.75) is 51.7 Å². The zero-order chi connectivity index (χ0) is 23.6. The normalized spacial score (nSPS) is 19.0. The molecular formula is C24H26F3N5O. The Balaban J connectivity index is 1.55. The van der Waals surface area contributed by atoms with Crippen molar-refractivity contribution in [1.82, 2.24) is 24.9 Å². The molecular weight excluding hydrogens is 431 g/mol. The monoisotopic (exact) mass is 457 g/mol. The number of hydrogen-bond donors (Lipinski definition) is 0. The number of hydrogen-bond acceptors (Lipinski definition) is 4. The van der Waals surface area contributed by atoms with Crippen LogP contribution in [0.4, 0.5) is 13.2 Å². The fourth-order valence-corrected chi connectivity index (χ4v) is 4.47. The number of carbonyl (C=O) groups excluding carboxylic acids is 1. The summed E-state index contributed by atoms with van der Waals surface area (Å²) in [7, 11) is 0. The van der Waals surface area contributed by atoms with Gasteiger partial charge < -0.3 is 4.90 Å². The van der Waals surface area contributed by atoms with Gasteiger partial charge >= 0.3 is 6.18 Å². The topological polar surface area (TPSA) is 63.9 Å². The summed E-state index contributed by atoms with van der Waals surface area (Å²) in [5, 5.41) is 11.4. The Labute approximate surface area is 190 Å². The Hall–Kier alpha value is -3.23. The summed E-state index contributed by atoms with van der Waals surface area (Å²) in [6.45, 7) is 4.70. The van der Waals surface area contributed by atoms with Gasteiger partial charge in [0.05, 0.1) is 16.9 Å². The Morgan fingerprint density at radius 1 is 1.18 bits per heavy atom. The van der Waals surface area contributed by atoms with Gasteiger partial charge in [0.25, 0.3) is 5.91 Å². The second-order valence-electron chi connectivity index (χ2n) is 8.60. The van der Waals surface area contributed by atoms with Crippen LogP contribution in [0.3, 0.4) is 0 Å². The van der Waals surface area contributed by atoms with Gasteiger partial charge in [-0.3, -0.25) is 4.79 Å². The first kappa shape index (κ1) is 22.9. The van der Waals surface area contributed by atoms with Crippen molar-refractivity contribution < 1.29 is 18.0 Å². The van der Waals surface area contributed by atoms with Crippen molar-refractivity contribution in [2.75, 3.05) is 6.54 Å². The number of carbonyl (C=O) groups is 1. The molecule has 0 radical (unpaired) electrons. The molecule has 0 saturated carbocycles. The van der Waals surface area contributed by atoms with Crippen molar-refractivity contribution >= 4 is 5.91 Å². The van der Waals surface area contributed by atoms with E-state index in [-0.39, 0.29) is 17.9 Å². The van der Waals surface area contributed by atoms with E-state index in [1.165, 1.54) is 6.07 Å². The highest BCUT2D eigenvalue weighted by Crippen LogP contribution is 2.30. The highest BCUT2D eigenvalue weighted by Gasteiger charge is 2.34. The number of amides is 1. The minimum absolute atomic E-state index is 0.0404. The lowest BCUT2D eigenvalue weighted by molar-refractivity contribution is -0.141. The predicted molar refractivity (Wildman–Crippen MR) is 117 cm³/mol. The average Bonchev–Trinajstić information content (AvgIpc) is 3.32. The lowest BCUT2D eigenvalue weighted by Gasteiger charge is -2.40. The molecule has 33 heavy (non-hydrogen) atoms. The van der Waals surface area contributed by atoms with Gasteiger partial charge in [-0.2, -0.15) is 23.4 Å². The molecule has 0 aliphatic carbocycles. The first-order chi connectivity index (χ1) is 15.7. The smallest absolute Gasteiger partial charge is 0.335 e. The highest BCUT2D eigenvalue weighted by atomic mass is 19.4. The Kier molecular flexibility index (Phi) is 6.49. The molecule has 4 rings (SSSR count). The van der Waals surface area contributed by atoms with Crippen molar-refractivity contribution in [3.63, 3.8) is 0 Å². The summed E-state index contributed by atoms with van der Waals surface area (Å²) in [4.78, 5) is 15.6. The SMILES string of the molecule is Cc1ccc(-n2cccn2)c(C(=O)N2CCC[C@@H](C)C2CCc2ccc(C(F)(F)F)nn2)c1. The minimum Gasteiger partial charge on any atom is -0.335 e. The van der Waals surface area contributed by atoms with Crippen LogP contribution in [0.25, 0.3) is 5.69 Å². The van der Waals surface area contributed by atoms with Gasteiger partial charge in [0.15, 0.2) is 5.69 Å². The molecule has 0 N–H and O–H groups in total. The molecule has 1 aliphatic heterocycles. The van der Waals surface area contributed by atoms with Crippen LogP contribution in [0.5, 0.6) is 0 Å². The van der Waals surface area contributed by atoms with E-state index in [2.05, 4.69) is 22.2 Å². The Morgan fingerprint density at radius 3 is 2.67 bits per heavy atom. The van der Waals surface area contributed by atoms with E-state index in [9.17, 15) is 18.0 Å². The Morgan fingerprint density at radius 2 is 2.00 bits per heavy atom. The lowest BCUT2D eigenvalue weighted by atomic mass is 9.86. The number of alkyl halides is 3. The van der Waals surface area contributed by atoms with E-state index in [0.29, 0.717) is 30.6 Å². The molecule has 1 aliphatic rings. The summed E-state index contributed by atoms with van der Waals surface area (Å²) in [5.74, 6) is 0.210. The highest BCUT2D eigenvalue weighted by molar-refractivity contribution is 5.98. The number of likely N-dealkylation sites (tertiary alicyclic amines) is 1. The van der Waals surface area contributed by atoms with Gasteiger partial charge in [-0.05, 0) is 68.9 Å². The lowest BCUT2D eigenvalue weighted by Crippen LogP contribution is -2.48. The minimum atomic E-state index is -4.51. The van der Waals surface area contributed by atoms with Gasteiger partial charge in [-0.15, -0.1) is 5.10 Å². The van der Waals surface area contributed by atoms with E-state index in [0.717, 1.165) is 30.2 Å². The zero-order valence-corrected chi connectivity index (χ0v) is 18.6. The maximum absolute atomic E-state index is 13.7. The number of nitrogens with zero attached hydrogens (tertiary/aromatic N) is 5. The molecule has 6 nitrogen and oxygen atoms in total. The predicted octanol–water partition coefficient (Wildman–Crippen LogP) is 4.86. The summed E-state index contributed by atoms with van der Waals surface area (Å²) < 4.78 is 40.0. The van der Waals surface area contributed by atoms with Crippen LogP contribution in [-0.4, -0.2) is 43.4 Å². The van der Waals surface area contributed by atoms with Crippen LogP contribution in [0.15, 0.2) is 48.8 Å². The second-order valence-corrected chi connectivity index (χ2v) is 8.60. The molecule has 9 heteroatoms. The van der Waals surface area contributed by atoms with Crippen LogP contribution in [0, 0.1) is 12.8 Å². The van der Waals surface area contributed by atoms with Crippen molar-refractivity contribution in [3.05, 3.63) is 71.3 Å². The van der Waals surface area contributed by atoms with Gasteiger partial charge in [-0.1, -0.05) is 18.6 Å². The van der Waals surface area contributed by atoms with Crippen molar-refractivity contribution in [3.8, 4) is 5.69 Å². The van der Waals surface area contributed by atoms with Gasteiger partial charge in [0.2, 0.25) is 0 Å². The first-order valence-electron chi connectivity index (χ1n) is 11.1. The van der Waals surface area contributed by atoms with Gasteiger partial charge in [0.1, 0.15) is 0 Å². The van der Waals surface area contributed by atoms with Crippen LogP contribution >= 0.6 is 0 Å². The second kappa shape index (κ2) is 9.33. The molecule has 3 heterocycles. The quantitative estimate of drug-likeness (QED) is 0.549. The average molecular weight is 458 g/mol. The number of benzene rings is 1. The Bertz CT molecular complexity index is 1100. The van der Waals surface area contributed by atoms with E-state index in [1.54, 1.807) is 17.1 Å². The molecule has 1 aromatic carbocycles. The molecule has 0 bridgehead atoms. The molecule has 1 amide bonds. The molecule has 0 spiro atoms. The molecule has 1 unspecified atom stereocenters. The standard InChI is InChI=1S/C24H26F3N5O/c1-16-6-9-21(32-14-4-12-28-32)19(15-16)23(33)31-13-3-5-17(2)20(31)10-7-18-8-11-22(30-29-18)24(25,26)27/h4,6,8-9,11-12,14-15,17,20H,3,5,7,10,13H2,1-2H3/t17-,20?/m1/s1. The summed E-state index contributed by atoms with van der Waals surface area (Å²) in [6, 6.07) is 9.83. The molecule has 1 saturated heterocycles. The number of piperidine rings is 1. The summed E-state index contributed by atoms with van der Waals surface area (Å²) >= 11 is 0. The van der Waals surface area contributed by atoms with E-state index < -0.39 is 11.9 Å².